The van der Waals surface area contributed by atoms with Gasteiger partial charge in [0.15, 0.2) is 0 Å². The van der Waals surface area contributed by atoms with E-state index in [2.05, 4.69) is 15.9 Å². The van der Waals surface area contributed by atoms with Crippen LogP contribution in [0.5, 0.6) is 17.2 Å². The third-order valence-corrected chi connectivity index (χ3v) is 3.12. The third kappa shape index (κ3) is 3.63. The lowest BCUT2D eigenvalue weighted by atomic mass is 10.2. The molecular formula is C15H15BrFNO2. The zero-order valence-corrected chi connectivity index (χ0v) is 12.8. The first-order valence-electron chi connectivity index (χ1n) is 6.15. The van der Waals surface area contributed by atoms with Crippen LogP contribution in [0.25, 0.3) is 0 Å². The zero-order valence-electron chi connectivity index (χ0n) is 11.2. The first-order chi connectivity index (χ1) is 9.45. The molecular weight excluding hydrogens is 325 g/mol. The summed E-state index contributed by atoms with van der Waals surface area (Å²) in [5.74, 6) is 1.12. The lowest BCUT2D eigenvalue weighted by Gasteiger charge is -2.14. The quantitative estimate of drug-likeness (QED) is 0.817. The fourth-order valence-corrected chi connectivity index (χ4v) is 1.86. The molecule has 0 aromatic heterocycles. The number of hydrogen-bond donors (Lipinski definition) is 1. The van der Waals surface area contributed by atoms with Gasteiger partial charge in [-0.3, -0.25) is 0 Å². The Balaban J connectivity index is 2.22. The highest BCUT2D eigenvalue weighted by molar-refractivity contribution is 9.10. The normalized spacial score (nSPS) is 10.7. The zero-order chi connectivity index (χ0) is 14.7. The first-order valence-corrected chi connectivity index (χ1v) is 6.94. The van der Waals surface area contributed by atoms with E-state index in [1.165, 1.54) is 6.07 Å². The van der Waals surface area contributed by atoms with E-state index in [0.717, 1.165) is 0 Å². The van der Waals surface area contributed by atoms with Gasteiger partial charge in [0.2, 0.25) is 0 Å². The second-order valence-electron chi connectivity index (χ2n) is 4.54. The van der Waals surface area contributed by atoms with Gasteiger partial charge in [0.25, 0.3) is 0 Å². The van der Waals surface area contributed by atoms with E-state index in [1.54, 1.807) is 30.3 Å². The Morgan fingerprint density at radius 3 is 2.40 bits per heavy atom. The molecule has 0 saturated carbocycles. The van der Waals surface area contributed by atoms with E-state index in [1.807, 2.05) is 13.8 Å². The molecule has 0 unspecified atom stereocenters. The van der Waals surface area contributed by atoms with Crippen LogP contribution in [0.4, 0.5) is 10.1 Å². The van der Waals surface area contributed by atoms with Crippen molar-refractivity contribution < 1.29 is 13.9 Å². The Kier molecular flexibility index (Phi) is 4.49. The number of ether oxygens (including phenoxy) is 2. The minimum Gasteiger partial charge on any atom is -0.489 e. The summed E-state index contributed by atoms with van der Waals surface area (Å²) in [6.45, 7) is 3.83. The predicted molar refractivity (Wildman–Crippen MR) is 80.8 cm³/mol. The average molecular weight is 340 g/mol. The largest absolute Gasteiger partial charge is 0.489 e. The summed E-state index contributed by atoms with van der Waals surface area (Å²) in [4.78, 5) is 0. The van der Waals surface area contributed by atoms with E-state index in [-0.39, 0.29) is 11.9 Å². The maximum atomic E-state index is 13.4. The minimum atomic E-state index is -0.378. The van der Waals surface area contributed by atoms with Crippen molar-refractivity contribution in [3.63, 3.8) is 0 Å². The molecule has 2 rings (SSSR count). The Hall–Kier alpha value is -1.75. The van der Waals surface area contributed by atoms with Crippen LogP contribution in [0.15, 0.2) is 40.9 Å². The van der Waals surface area contributed by atoms with Gasteiger partial charge in [0.05, 0.1) is 16.3 Å². The SMILES string of the molecule is CC(C)Oc1cc(Oc2ccc(Br)c(F)c2)ccc1N. The Morgan fingerprint density at radius 1 is 1.10 bits per heavy atom. The topological polar surface area (TPSA) is 44.5 Å². The highest BCUT2D eigenvalue weighted by atomic mass is 79.9. The van der Waals surface area contributed by atoms with Crippen LogP contribution in [0, 0.1) is 5.82 Å². The highest BCUT2D eigenvalue weighted by Crippen LogP contribution is 2.31. The predicted octanol–water partition coefficient (Wildman–Crippen LogP) is 4.75. The monoisotopic (exact) mass is 339 g/mol. The van der Waals surface area contributed by atoms with Crippen molar-refractivity contribution >= 4 is 21.6 Å². The maximum Gasteiger partial charge on any atom is 0.146 e. The molecule has 5 heteroatoms. The number of nitrogen functional groups attached to an aromatic ring is 1. The number of halogens is 2. The molecule has 2 aromatic carbocycles. The molecule has 2 aromatic rings. The van der Waals surface area contributed by atoms with Crippen molar-refractivity contribution in [1.82, 2.24) is 0 Å². The molecule has 2 N–H and O–H groups in total. The highest BCUT2D eigenvalue weighted by Gasteiger charge is 2.07. The van der Waals surface area contributed by atoms with Crippen LogP contribution < -0.4 is 15.2 Å². The van der Waals surface area contributed by atoms with Gasteiger partial charge in [-0.15, -0.1) is 0 Å². The number of nitrogens with two attached hydrogens (primary N) is 1. The van der Waals surface area contributed by atoms with E-state index < -0.39 is 0 Å². The smallest absolute Gasteiger partial charge is 0.146 e. The van der Waals surface area contributed by atoms with Crippen molar-refractivity contribution in [1.29, 1.82) is 0 Å². The lowest BCUT2D eigenvalue weighted by Crippen LogP contribution is -2.07. The van der Waals surface area contributed by atoms with Gasteiger partial charge in [-0.2, -0.15) is 0 Å². The first kappa shape index (κ1) is 14.7. The second kappa shape index (κ2) is 6.13. The fraction of sp³-hybridized carbons (Fsp3) is 0.200. The van der Waals surface area contributed by atoms with Gasteiger partial charge in [0, 0.05) is 12.1 Å². The fourth-order valence-electron chi connectivity index (χ4n) is 1.61. The molecule has 0 heterocycles. The van der Waals surface area contributed by atoms with Crippen molar-refractivity contribution in [2.45, 2.75) is 20.0 Å². The van der Waals surface area contributed by atoms with Gasteiger partial charge in [-0.1, -0.05) is 0 Å². The van der Waals surface area contributed by atoms with Crippen LogP contribution in [-0.4, -0.2) is 6.10 Å². The number of rotatable bonds is 4. The molecule has 0 saturated heterocycles. The van der Waals surface area contributed by atoms with Crippen LogP contribution in [0.3, 0.4) is 0 Å². The summed E-state index contributed by atoms with van der Waals surface area (Å²) in [6.07, 6.45) is 0.0117. The van der Waals surface area contributed by atoms with Crippen molar-refractivity contribution in [3.8, 4) is 17.2 Å². The standard InChI is InChI=1S/C15H15BrFNO2/c1-9(2)19-15-8-11(4-6-14(15)18)20-10-3-5-12(16)13(17)7-10/h3-9H,18H2,1-2H3. The van der Waals surface area contributed by atoms with Crippen LogP contribution in [-0.2, 0) is 0 Å². The molecule has 0 fully saturated rings. The Bertz CT molecular complexity index is 617. The lowest BCUT2D eigenvalue weighted by molar-refractivity contribution is 0.243. The molecule has 20 heavy (non-hydrogen) atoms. The molecule has 3 nitrogen and oxygen atoms in total. The van der Waals surface area contributed by atoms with E-state index in [4.69, 9.17) is 15.2 Å². The summed E-state index contributed by atoms with van der Waals surface area (Å²) < 4.78 is 25.0. The summed E-state index contributed by atoms with van der Waals surface area (Å²) in [5.41, 5.74) is 6.36. The van der Waals surface area contributed by atoms with Crippen LogP contribution in [0.1, 0.15) is 13.8 Å². The molecule has 0 spiro atoms. The van der Waals surface area contributed by atoms with Crippen molar-refractivity contribution in [3.05, 3.63) is 46.7 Å². The van der Waals surface area contributed by atoms with Gasteiger partial charge in [-0.05, 0) is 54.0 Å². The van der Waals surface area contributed by atoms with Gasteiger partial charge >= 0.3 is 0 Å². The molecule has 0 bridgehead atoms. The average Bonchev–Trinajstić information content (AvgIpc) is 2.37. The molecule has 0 radical (unpaired) electrons. The number of benzene rings is 2. The van der Waals surface area contributed by atoms with Gasteiger partial charge < -0.3 is 15.2 Å². The van der Waals surface area contributed by atoms with Gasteiger partial charge in [0.1, 0.15) is 23.1 Å². The van der Waals surface area contributed by atoms with Crippen molar-refractivity contribution in [2.75, 3.05) is 5.73 Å². The maximum absolute atomic E-state index is 13.4. The number of hydrogen-bond acceptors (Lipinski definition) is 3. The van der Waals surface area contributed by atoms with Crippen molar-refractivity contribution in [2.24, 2.45) is 0 Å². The molecule has 106 valence electrons. The van der Waals surface area contributed by atoms with Crippen LogP contribution >= 0.6 is 15.9 Å². The number of anilines is 1. The van der Waals surface area contributed by atoms with Crippen LogP contribution in [0.2, 0.25) is 0 Å². The van der Waals surface area contributed by atoms with Gasteiger partial charge in [-0.25, -0.2) is 4.39 Å². The van der Waals surface area contributed by atoms with E-state index in [0.29, 0.717) is 27.4 Å². The summed E-state index contributed by atoms with van der Waals surface area (Å²) >= 11 is 3.10. The summed E-state index contributed by atoms with van der Waals surface area (Å²) in [6, 6.07) is 9.67. The summed E-state index contributed by atoms with van der Waals surface area (Å²) in [7, 11) is 0. The van der Waals surface area contributed by atoms with E-state index >= 15 is 0 Å². The Labute approximate surface area is 125 Å². The van der Waals surface area contributed by atoms with E-state index in [9.17, 15) is 4.39 Å². The minimum absolute atomic E-state index is 0.0117. The molecule has 0 atom stereocenters. The third-order valence-electron chi connectivity index (χ3n) is 2.47. The second-order valence-corrected chi connectivity index (χ2v) is 5.40. The molecule has 0 aliphatic rings. The Morgan fingerprint density at radius 2 is 1.75 bits per heavy atom. The summed E-state index contributed by atoms with van der Waals surface area (Å²) in [5, 5.41) is 0. The molecule has 0 aliphatic heterocycles. The molecule has 0 amide bonds. The molecule has 0 aliphatic carbocycles.